The first-order valence-corrected chi connectivity index (χ1v) is 11.7. The number of hydrogen-bond acceptors (Lipinski definition) is 3. The predicted molar refractivity (Wildman–Crippen MR) is 135 cm³/mol. The zero-order chi connectivity index (χ0) is 24.9. The summed E-state index contributed by atoms with van der Waals surface area (Å²) in [4.78, 5) is 22.0. The number of rotatable bonds is 4. The van der Waals surface area contributed by atoms with Crippen LogP contribution in [0.3, 0.4) is 0 Å². The minimum atomic E-state index is -0.424. The van der Waals surface area contributed by atoms with Crippen LogP contribution in [-0.4, -0.2) is 47.8 Å². The highest BCUT2D eigenvalue weighted by atomic mass is 19.1. The third-order valence-corrected chi connectivity index (χ3v) is 6.12. The van der Waals surface area contributed by atoms with Crippen LogP contribution in [0.1, 0.15) is 32.6 Å². The molecule has 5 nitrogen and oxygen atoms in total. The largest absolute Gasteiger partial charge is 0.340 e. The van der Waals surface area contributed by atoms with Crippen LogP contribution < -0.4 is 5.32 Å². The number of guanidine groups is 1. The Balaban J connectivity index is 1.53. The van der Waals surface area contributed by atoms with Crippen molar-refractivity contribution in [2.75, 3.05) is 26.2 Å². The molecule has 182 valence electrons. The lowest BCUT2D eigenvalue weighted by molar-refractivity contribution is 0.0967. The second kappa shape index (κ2) is 10.8. The van der Waals surface area contributed by atoms with E-state index >= 15 is 0 Å². The van der Waals surface area contributed by atoms with E-state index in [1.807, 2.05) is 36.9 Å². The molecule has 0 bridgehead atoms. The fourth-order valence-corrected chi connectivity index (χ4v) is 4.21. The molecule has 1 saturated heterocycles. The Kier molecular flexibility index (Phi) is 7.56. The molecule has 0 unspecified atom stereocenters. The number of nitrogens with zero attached hydrogens (tertiary/aromatic N) is 3. The molecule has 1 amide bonds. The molecule has 0 aromatic heterocycles. The van der Waals surface area contributed by atoms with E-state index in [1.165, 1.54) is 12.1 Å². The molecule has 1 aliphatic heterocycles. The quantitative estimate of drug-likeness (QED) is 0.420. The van der Waals surface area contributed by atoms with E-state index < -0.39 is 11.7 Å². The molecule has 0 spiro atoms. The molecular formula is C28H30F2N4O. The van der Waals surface area contributed by atoms with Crippen LogP contribution in [0.15, 0.2) is 65.7 Å². The molecule has 0 atom stereocenters. The Morgan fingerprint density at radius 1 is 0.886 bits per heavy atom. The van der Waals surface area contributed by atoms with Crippen molar-refractivity contribution in [1.29, 1.82) is 0 Å². The molecule has 35 heavy (non-hydrogen) atoms. The van der Waals surface area contributed by atoms with Gasteiger partial charge in [-0.2, -0.15) is 0 Å². The minimum Gasteiger partial charge on any atom is -0.340 e. The van der Waals surface area contributed by atoms with Gasteiger partial charge in [0.1, 0.15) is 11.6 Å². The number of halogens is 2. The molecule has 0 saturated carbocycles. The van der Waals surface area contributed by atoms with Crippen molar-refractivity contribution in [2.24, 2.45) is 4.99 Å². The first kappa shape index (κ1) is 24.5. The van der Waals surface area contributed by atoms with Crippen molar-refractivity contribution in [2.45, 2.75) is 27.3 Å². The summed E-state index contributed by atoms with van der Waals surface area (Å²) in [6, 6.07) is 17.2. The number of nitrogens with one attached hydrogen (secondary N) is 1. The maximum Gasteiger partial charge on any atom is 0.258 e. The second-order valence-corrected chi connectivity index (χ2v) is 9.05. The Morgan fingerprint density at radius 3 is 2.23 bits per heavy atom. The molecular weight excluding hydrogens is 446 g/mol. The van der Waals surface area contributed by atoms with Crippen LogP contribution in [0.2, 0.25) is 0 Å². The number of hydrogen-bond donors (Lipinski definition) is 1. The van der Waals surface area contributed by atoms with Crippen molar-refractivity contribution in [3.05, 3.63) is 100 Å². The van der Waals surface area contributed by atoms with Gasteiger partial charge in [-0.25, -0.2) is 13.8 Å². The van der Waals surface area contributed by atoms with Gasteiger partial charge in [-0.15, -0.1) is 0 Å². The summed E-state index contributed by atoms with van der Waals surface area (Å²) >= 11 is 0. The fourth-order valence-electron chi connectivity index (χ4n) is 4.21. The summed E-state index contributed by atoms with van der Waals surface area (Å²) in [6.45, 7) is 8.79. The summed E-state index contributed by atoms with van der Waals surface area (Å²) in [6.07, 6.45) is 0. The zero-order valence-electron chi connectivity index (χ0n) is 20.3. The standard InChI is InChI=1S/C28H30F2N4O/c1-19-14-20(2)16-24(15-19)31-28(32-27(35)22-9-8-21(3)26(30)17-22)34-12-10-33(11-13-34)18-23-6-4-5-7-25(23)29/h4-9,14-17H,10-13,18H2,1-3H3,(H,31,32,35). The van der Waals surface area contributed by atoms with E-state index in [1.54, 1.807) is 31.2 Å². The van der Waals surface area contributed by atoms with Gasteiger partial charge in [-0.3, -0.25) is 15.0 Å². The number of amides is 1. The number of aliphatic imine (C=N–C) groups is 1. The summed E-state index contributed by atoms with van der Waals surface area (Å²) in [5, 5.41) is 2.90. The van der Waals surface area contributed by atoms with Crippen LogP contribution in [0.4, 0.5) is 14.5 Å². The Hall–Kier alpha value is -3.58. The summed E-state index contributed by atoms with van der Waals surface area (Å²) in [5.41, 5.74) is 4.27. The van der Waals surface area contributed by atoms with Gasteiger partial charge in [0, 0.05) is 43.9 Å². The average Bonchev–Trinajstić information content (AvgIpc) is 2.82. The normalized spacial score (nSPS) is 14.8. The van der Waals surface area contributed by atoms with Crippen LogP contribution in [0.5, 0.6) is 0 Å². The van der Waals surface area contributed by atoms with Gasteiger partial charge < -0.3 is 4.90 Å². The van der Waals surface area contributed by atoms with Gasteiger partial charge in [-0.05, 0) is 67.8 Å². The Labute approximate surface area is 205 Å². The Bertz CT molecular complexity index is 1230. The number of piperazine rings is 1. The second-order valence-electron chi connectivity index (χ2n) is 9.05. The Morgan fingerprint density at radius 2 is 1.57 bits per heavy atom. The topological polar surface area (TPSA) is 47.9 Å². The van der Waals surface area contributed by atoms with Crippen molar-refractivity contribution in [1.82, 2.24) is 15.1 Å². The van der Waals surface area contributed by atoms with Crippen molar-refractivity contribution >= 4 is 17.6 Å². The monoisotopic (exact) mass is 476 g/mol. The van der Waals surface area contributed by atoms with Gasteiger partial charge in [0.2, 0.25) is 5.96 Å². The third-order valence-electron chi connectivity index (χ3n) is 6.12. The van der Waals surface area contributed by atoms with Crippen LogP contribution in [0.25, 0.3) is 0 Å². The maximum absolute atomic E-state index is 14.1. The maximum atomic E-state index is 14.1. The van der Waals surface area contributed by atoms with Gasteiger partial charge in [0.25, 0.3) is 5.91 Å². The SMILES string of the molecule is Cc1cc(C)cc(N=C(NC(=O)c2ccc(C)c(F)c2)N2CCN(Cc3ccccc3F)CC2)c1. The highest BCUT2D eigenvalue weighted by molar-refractivity contribution is 6.06. The van der Waals surface area contributed by atoms with Crippen molar-refractivity contribution < 1.29 is 13.6 Å². The highest BCUT2D eigenvalue weighted by Crippen LogP contribution is 2.19. The number of benzene rings is 3. The molecule has 0 radical (unpaired) electrons. The predicted octanol–water partition coefficient (Wildman–Crippen LogP) is 5.13. The molecule has 1 aliphatic rings. The summed E-state index contributed by atoms with van der Waals surface area (Å²) < 4.78 is 28.1. The molecule has 7 heteroatoms. The number of aryl methyl sites for hydroxylation is 3. The third kappa shape index (κ3) is 6.31. The molecule has 3 aromatic carbocycles. The highest BCUT2D eigenvalue weighted by Gasteiger charge is 2.23. The van der Waals surface area contributed by atoms with Crippen LogP contribution in [0, 0.1) is 32.4 Å². The van der Waals surface area contributed by atoms with Gasteiger partial charge in [-0.1, -0.05) is 30.3 Å². The number of carbonyl (C=O) groups excluding carboxylic acids is 1. The molecule has 1 fully saturated rings. The van der Waals surface area contributed by atoms with Crippen molar-refractivity contribution in [3.8, 4) is 0 Å². The van der Waals surface area contributed by atoms with Crippen LogP contribution >= 0.6 is 0 Å². The van der Waals surface area contributed by atoms with E-state index in [-0.39, 0.29) is 11.4 Å². The minimum absolute atomic E-state index is 0.204. The zero-order valence-corrected chi connectivity index (χ0v) is 20.3. The van der Waals surface area contributed by atoms with Crippen molar-refractivity contribution in [3.63, 3.8) is 0 Å². The van der Waals surface area contributed by atoms with E-state index in [2.05, 4.69) is 16.3 Å². The van der Waals surface area contributed by atoms with Gasteiger partial charge in [0.05, 0.1) is 5.69 Å². The lowest BCUT2D eigenvalue weighted by Gasteiger charge is -2.36. The average molecular weight is 477 g/mol. The molecule has 1 heterocycles. The lowest BCUT2D eigenvalue weighted by atomic mass is 10.1. The lowest BCUT2D eigenvalue weighted by Crippen LogP contribution is -2.53. The summed E-state index contributed by atoms with van der Waals surface area (Å²) in [5.74, 6) is -0.621. The number of carbonyl (C=O) groups is 1. The molecule has 4 rings (SSSR count). The van der Waals surface area contributed by atoms with Gasteiger partial charge in [0.15, 0.2) is 0 Å². The van der Waals surface area contributed by atoms with E-state index in [4.69, 9.17) is 4.99 Å². The van der Waals surface area contributed by atoms with E-state index in [0.717, 1.165) is 16.8 Å². The molecule has 3 aromatic rings. The first-order valence-electron chi connectivity index (χ1n) is 11.7. The smallest absolute Gasteiger partial charge is 0.258 e. The summed E-state index contributed by atoms with van der Waals surface area (Å²) in [7, 11) is 0. The van der Waals surface area contributed by atoms with E-state index in [9.17, 15) is 13.6 Å². The van der Waals surface area contributed by atoms with Crippen LogP contribution in [-0.2, 0) is 6.54 Å². The fraction of sp³-hybridized carbons (Fsp3) is 0.286. The van der Waals surface area contributed by atoms with E-state index in [0.29, 0.717) is 49.8 Å². The molecule has 0 aliphatic carbocycles. The molecule has 1 N–H and O–H groups in total. The first-order chi connectivity index (χ1) is 16.8. The van der Waals surface area contributed by atoms with Gasteiger partial charge >= 0.3 is 0 Å².